The molecule has 10 nitrogen and oxygen atoms in total. The van der Waals surface area contributed by atoms with Crippen LogP contribution in [-0.4, -0.2) is 73.1 Å². The predicted octanol–water partition coefficient (Wildman–Crippen LogP) is 1.65. The van der Waals surface area contributed by atoms with Crippen molar-refractivity contribution in [2.75, 3.05) is 33.4 Å². The zero-order valence-electron chi connectivity index (χ0n) is 19.7. The summed E-state index contributed by atoms with van der Waals surface area (Å²) in [6.07, 6.45) is 4.05. The Balaban J connectivity index is 1.53. The predicted molar refractivity (Wildman–Crippen MR) is 126 cm³/mol. The summed E-state index contributed by atoms with van der Waals surface area (Å²) in [5.41, 5.74) is 1.27. The zero-order chi connectivity index (χ0) is 24.6. The minimum atomic E-state index is -0.351. The number of hydrogen-bond acceptors (Lipinski definition) is 7. The van der Waals surface area contributed by atoms with Gasteiger partial charge in [0.25, 0.3) is 5.91 Å². The van der Waals surface area contributed by atoms with Gasteiger partial charge >= 0.3 is 0 Å². The number of methoxy groups -OCH3 is 1. The molecule has 1 saturated heterocycles. The van der Waals surface area contributed by atoms with E-state index in [9.17, 15) is 14.4 Å². The maximum absolute atomic E-state index is 12.7. The molecule has 0 saturated carbocycles. The first-order chi connectivity index (χ1) is 17.0. The molecule has 1 fully saturated rings. The van der Waals surface area contributed by atoms with E-state index in [1.807, 2.05) is 24.3 Å². The van der Waals surface area contributed by atoms with Gasteiger partial charge in [-0.1, -0.05) is 12.1 Å². The van der Waals surface area contributed by atoms with E-state index in [1.165, 1.54) is 13.3 Å². The van der Waals surface area contributed by atoms with Crippen molar-refractivity contribution < 1.29 is 28.6 Å². The molecule has 2 aliphatic rings. The van der Waals surface area contributed by atoms with Crippen molar-refractivity contribution in [1.29, 1.82) is 0 Å². The van der Waals surface area contributed by atoms with Crippen LogP contribution in [0.4, 0.5) is 0 Å². The van der Waals surface area contributed by atoms with Crippen molar-refractivity contribution in [3.63, 3.8) is 0 Å². The fourth-order valence-electron chi connectivity index (χ4n) is 4.18. The summed E-state index contributed by atoms with van der Waals surface area (Å²) < 4.78 is 17.1. The lowest BCUT2D eigenvalue weighted by Crippen LogP contribution is -2.57. The van der Waals surface area contributed by atoms with E-state index in [1.54, 1.807) is 17.2 Å². The summed E-state index contributed by atoms with van der Waals surface area (Å²) in [6.45, 7) is 1.53. The largest absolute Gasteiger partial charge is 0.456 e. The summed E-state index contributed by atoms with van der Waals surface area (Å²) in [7, 11) is 1.48. The summed E-state index contributed by atoms with van der Waals surface area (Å²) >= 11 is 0. The molecule has 0 radical (unpaired) electrons. The number of pyridine rings is 1. The number of amides is 3. The third-order valence-electron chi connectivity index (χ3n) is 5.96. The number of carbonyl (C=O) groups excluding carboxylic acids is 3. The van der Waals surface area contributed by atoms with E-state index < -0.39 is 0 Å². The number of ether oxygens (including phenoxy) is 3. The molecular formula is C25H30N4O6. The van der Waals surface area contributed by atoms with E-state index in [0.717, 1.165) is 5.56 Å². The number of benzene rings is 1. The van der Waals surface area contributed by atoms with Crippen LogP contribution in [0.3, 0.4) is 0 Å². The quantitative estimate of drug-likeness (QED) is 0.668. The highest BCUT2D eigenvalue weighted by Gasteiger charge is 2.33. The smallest absolute Gasteiger partial charge is 0.252 e. The van der Waals surface area contributed by atoms with Gasteiger partial charge in [-0.25, -0.2) is 0 Å². The second kappa shape index (κ2) is 11.8. The van der Waals surface area contributed by atoms with Gasteiger partial charge in [-0.15, -0.1) is 0 Å². The van der Waals surface area contributed by atoms with E-state index in [-0.39, 0.29) is 42.9 Å². The summed E-state index contributed by atoms with van der Waals surface area (Å²) in [4.78, 5) is 43.3. The SMILES string of the molecule is COCC(=O)N1CC[C@@H]2OCc3cccc(c3)Oc3cncc(c3)C(=O)NCCCC(=O)N[C@H]2C1. The fraction of sp³-hybridized carbons (Fsp3) is 0.440. The Hall–Kier alpha value is -3.50. The van der Waals surface area contributed by atoms with Gasteiger partial charge in [-0.2, -0.15) is 0 Å². The molecule has 2 aliphatic heterocycles. The van der Waals surface area contributed by atoms with Gasteiger partial charge in [0.1, 0.15) is 18.1 Å². The van der Waals surface area contributed by atoms with E-state index in [4.69, 9.17) is 14.2 Å². The summed E-state index contributed by atoms with van der Waals surface area (Å²) in [6, 6.07) is 8.75. The van der Waals surface area contributed by atoms with Crippen LogP contribution in [0.5, 0.6) is 11.5 Å². The molecule has 3 amide bonds. The van der Waals surface area contributed by atoms with Gasteiger partial charge < -0.3 is 29.7 Å². The second-order valence-electron chi connectivity index (χ2n) is 8.60. The molecule has 1 aromatic carbocycles. The van der Waals surface area contributed by atoms with Gasteiger partial charge in [0.2, 0.25) is 11.8 Å². The van der Waals surface area contributed by atoms with Crippen LogP contribution in [0, 0.1) is 0 Å². The van der Waals surface area contributed by atoms with Crippen LogP contribution >= 0.6 is 0 Å². The van der Waals surface area contributed by atoms with Gasteiger partial charge in [-0.05, 0) is 36.6 Å². The lowest BCUT2D eigenvalue weighted by molar-refractivity contribution is -0.140. The molecule has 4 rings (SSSR count). The zero-order valence-corrected chi connectivity index (χ0v) is 19.7. The van der Waals surface area contributed by atoms with Gasteiger partial charge in [0, 0.05) is 39.4 Å². The molecule has 3 heterocycles. The normalized spacial score (nSPS) is 21.5. The van der Waals surface area contributed by atoms with Crippen molar-refractivity contribution in [1.82, 2.24) is 20.5 Å². The maximum Gasteiger partial charge on any atom is 0.252 e. The van der Waals surface area contributed by atoms with Gasteiger partial charge in [0.15, 0.2) is 0 Å². The Labute approximate surface area is 203 Å². The van der Waals surface area contributed by atoms with Crippen molar-refractivity contribution >= 4 is 17.7 Å². The number of nitrogens with one attached hydrogen (secondary N) is 2. The average Bonchev–Trinajstić information content (AvgIpc) is 2.86. The molecule has 1 aromatic heterocycles. The Bertz CT molecular complexity index is 1060. The molecule has 0 spiro atoms. The lowest BCUT2D eigenvalue weighted by Gasteiger charge is -2.38. The van der Waals surface area contributed by atoms with Crippen molar-refractivity contribution in [2.45, 2.75) is 38.0 Å². The van der Waals surface area contributed by atoms with Crippen molar-refractivity contribution in [3.8, 4) is 11.5 Å². The van der Waals surface area contributed by atoms with Crippen LogP contribution in [0.25, 0.3) is 0 Å². The Morgan fingerprint density at radius 3 is 2.97 bits per heavy atom. The number of piperidine rings is 1. The molecule has 0 aliphatic carbocycles. The molecule has 2 aromatic rings. The van der Waals surface area contributed by atoms with Crippen LogP contribution in [0.2, 0.25) is 0 Å². The first-order valence-electron chi connectivity index (χ1n) is 11.7. The highest BCUT2D eigenvalue weighted by molar-refractivity contribution is 5.94. The number of aromatic nitrogens is 1. The van der Waals surface area contributed by atoms with Crippen LogP contribution < -0.4 is 15.4 Å². The van der Waals surface area contributed by atoms with E-state index >= 15 is 0 Å². The number of rotatable bonds is 2. The first-order valence-corrected chi connectivity index (χ1v) is 11.7. The molecule has 2 N–H and O–H groups in total. The molecule has 35 heavy (non-hydrogen) atoms. The number of likely N-dealkylation sites (tertiary alicyclic amines) is 1. The minimum Gasteiger partial charge on any atom is -0.456 e. The number of hydrogen-bond donors (Lipinski definition) is 2. The highest BCUT2D eigenvalue weighted by atomic mass is 16.5. The van der Waals surface area contributed by atoms with Crippen LogP contribution in [0.15, 0.2) is 42.7 Å². The highest BCUT2D eigenvalue weighted by Crippen LogP contribution is 2.24. The molecule has 2 atom stereocenters. The summed E-state index contributed by atoms with van der Waals surface area (Å²) in [5, 5.41) is 5.84. The minimum absolute atomic E-state index is 0.00371. The Kier molecular flexibility index (Phi) is 8.27. The van der Waals surface area contributed by atoms with Crippen molar-refractivity contribution in [2.24, 2.45) is 0 Å². The Morgan fingerprint density at radius 2 is 2.11 bits per heavy atom. The number of nitrogens with zero attached hydrogens (tertiary/aromatic N) is 2. The topological polar surface area (TPSA) is 119 Å². The standard InChI is InChI=1S/C25H30N4O6/c1-33-16-24(31)29-9-7-22-21(14-29)28-23(30)6-3-8-27-25(32)18-11-20(13-26-12-18)35-19-5-2-4-17(10-19)15-34-22/h2,4-5,10-13,21-22H,3,6-9,14-16H2,1H3,(H,27,32)(H,28,30)/t21-,22-/m0/s1. The van der Waals surface area contributed by atoms with Crippen molar-refractivity contribution in [3.05, 3.63) is 53.9 Å². The molecule has 4 bridgehead atoms. The molecule has 186 valence electrons. The van der Waals surface area contributed by atoms with Gasteiger partial charge in [-0.3, -0.25) is 19.4 Å². The molecule has 0 unspecified atom stereocenters. The van der Waals surface area contributed by atoms with Crippen LogP contribution in [-0.2, 0) is 25.7 Å². The third-order valence-corrected chi connectivity index (χ3v) is 5.96. The van der Waals surface area contributed by atoms with Crippen LogP contribution in [0.1, 0.15) is 35.2 Å². The summed E-state index contributed by atoms with van der Waals surface area (Å²) in [5.74, 6) is 0.482. The lowest BCUT2D eigenvalue weighted by atomic mass is 10.0. The third kappa shape index (κ3) is 6.77. The number of fused-ring (bicyclic) bond motifs is 5. The Morgan fingerprint density at radius 1 is 1.23 bits per heavy atom. The maximum atomic E-state index is 12.7. The molecular weight excluding hydrogens is 452 g/mol. The fourth-order valence-corrected chi connectivity index (χ4v) is 4.18. The number of carbonyl (C=O) groups is 3. The second-order valence-corrected chi connectivity index (χ2v) is 8.60. The first kappa shape index (κ1) is 24.6. The molecule has 10 heteroatoms. The average molecular weight is 483 g/mol. The monoisotopic (exact) mass is 482 g/mol. The van der Waals surface area contributed by atoms with Gasteiger partial charge in [0.05, 0.1) is 30.5 Å². The van der Waals surface area contributed by atoms with E-state index in [2.05, 4.69) is 15.6 Å². The van der Waals surface area contributed by atoms with E-state index in [0.29, 0.717) is 56.1 Å².